The van der Waals surface area contributed by atoms with Crippen LogP contribution in [0.5, 0.6) is 0 Å². The molecule has 0 unspecified atom stereocenters. The first-order valence-electron chi connectivity index (χ1n) is 5.40. The van der Waals surface area contributed by atoms with Gasteiger partial charge in [0.25, 0.3) is 0 Å². The fraction of sp³-hybridized carbons (Fsp3) is 0.333. The second-order valence-electron chi connectivity index (χ2n) is 4.89. The Morgan fingerprint density at radius 3 is 2.71 bits per heavy atom. The lowest BCUT2D eigenvalue weighted by atomic mass is 9.93. The van der Waals surface area contributed by atoms with Gasteiger partial charge in [0.2, 0.25) is 0 Å². The number of nitrogens with two attached hydrogens (primary N) is 1. The van der Waals surface area contributed by atoms with Crippen molar-refractivity contribution in [3.63, 3.8) is 0 Å². The molecular formula is C12H16N4S. The summed E-state index contributed by atoms with van der Waals surface area (Å²) < 4.78 is 0. The molecular weight excluding hydrogens is 232 g/mol. The summed E-state index contributed by atoms with van der Waals surface area (Å²) in [4.78, 5) is 8.71. The maximum absolute atomic E-state index is 5.69. The number of nitrogen functional groups attached to an aromatic ring is 1. The number of nitrogens with one attached hydrogen (secondary N) is 1. The molecule has 0 saturated heterocycles. The first-order chi connectivity index (χ1) is 7.95. The quantitative estimate of drug-likeness (QED) is 0.857. The molecule has 0 aliphatic heterocycles. The van der Waals surface area contributed by atoms with E-state index in [0.29, 0.717) is 5.69 Å². The Balaban J connectivity index is 2.17. The van der Waals surface area contributed by atoms with E-state index in [4.69, 9.17) is 5.73 Å². The Labute approximate surface area is 105 Å². The smallest absolute Gasteiger partial charge is 0.188 e. The van der Waals surface area contributed by atoms with Gasteiger partial charge in [0, 0.05) is 28.7 Å². The highest BCUT2D eigenvalue weighted by Crippen LogP contribution is 2.27. The van der Waals surface area contributed by atoms with E-state index in [9.17, 15) is 0 Å². The molecule has 0 amide bonds. The minimum absolute atomic E-state index is 0.0690. The highest BCUT2D eigenvalue weighted by molar-refractivity contribution is 7.13. The van der Waals surface area contributed by atoms with Crippen LogP contribution in [0.3, 0.4) is 0 Å². The van der Waals surface area contributed by atoms with E-state index in [0.717, 1.165) is 16.6 Å². The molecule has 90 valence electrons. The van der Waals surface area contributed by atoms with E-state index in [1.54, 1.807) is 29.7 Å². The standard InChI is InChI=1S/C12H16N4S/c1-12(2,3)9-7-17-11(15-9)16-10-6-8(13)4-5-14-10/h4-7H,1-3H3,(H3,13,14,15,16). The number of aromatic nitrogens is 2. The van der Waals surface area contributed by atoms with Gasteiger partial charge in [-0.3, -0.25) is 0 Å². The van der Waals surface area contributed by atoms with E-state index in [1.807, 2.05) is 0 Å². The summed E-state index contributed by atoms with van der Waals surface area (Å²) in [6.45, 7) is 6.43. The molecule has 0 fully saturated rings. The maximum Gasteiger partial charge on any atom is 0.188 e. The number of anilines is 3. The summed E-state index contributed by atoms with van der Waals surface area (Å²) in [6, 6.07) is 3.55. The number of thiazole rings is 1. The van der Waals surface area contributed by atoms with Crippen molar-refractivity contribution in [3.8, 4) is 0 Å². The Morgan fingerprint density at radius 1 is 1.35 bits per heavy atom. The van der Waals surface area contributed by atoms with Crippen molar-refractivity contribution in [1.82, 2.24) is 9.97 Å². The molecule has 2 aromatic heterocycles. The van der Waals surface area contributed by atoms with Gasteiger partial charge in [-0.2, -0.15) is 0 Å². The van der Waals surface area contributed by atoms with Crippen molar-refractivity contribution in [2.24, 2.45) is 0 Å². The fourth-order valence-corrected chi connectivity index (χ4v) is 2.24. The molecule has 2 heterocycles. The van der Waals surface area contributed by atoms with Gasteiger partial charge in [0.15, 0.2) is 5.13 Å². The molecule has 17 heavy (non-hydrogen) atoms. The van der Waals surface area contributed by atoms with Crippen LogP contribution in [-0.4, -0.2) is 9.97 Å². The minimum atomic E-state index is 0.0690. The zero-order valence-corrected chi connectivity index (χ0v) is 11.0. The van der Waals surface area contributed by atoms with E-state index in [-0.39, 0.29) is 5.41 Å². The van der Waals surface area contributed by atoms with Gasteiger partial charge in [-0.15, -0.1) is 11.3 Å². The van der Waals surface area contributed by atoms with E-state index in [1.165, 1.54) is 0 Å². The van der Waals surface area contributed by atoms with Gasteiger partial charge >= 0.3 is 0 Å². The summed E-state index contributed by atoms with van der Waals surface area (Å²) in [5.41, 5.74) is 7.53. The molecule has 2 rings (SSSR count). The summed E-state index contributed by atoms with van der Waals surface area (Å²) in [7, 11) is 0. The van der Waals surface area contributed by atoms with Crippen LogP contribution in [0.25, 0.3) is 0 Å². The third kappa shape index (κ3) is 2.94. The summed E-state index contributed by atoms with van der Waals surface area (Å²) in [5.74, 6) is 0.722. The lowest BCUT2D eigenvalue weighted by Crippen LogP contribution is -2.11. The fourth-order valence-electron chi connectivity index (χ4n) is 1.30. The molecule has 0 saturated carbocycles. The minimum Gasteiger partial charge on any atom is -0.399 e. The van der Waals surface area contributed by atoms with Crippen molar-refractivity contribution in [2.75, 3.05) is 11.1 Å². The van der Waals surface area contributed by atoms with Crippen LogP contribution < -0.4 is 11.1 Å². The summed E-state index contributed by atoms with van der Waals surface area (Å²) in [5, 5.41) is 6.06. The van der Waals surface area contributed by atoms with Crippen LogP contribution >= 0.6 is 11.3 Å². The molecule has 0 spiro atoms. The molecule has 0 aromatic carbocycles. The molecule has 0 radical (unpaired) electrons. The van der Waals surface area contributed by atoms with Crippen molar-refractivity contribution in [3.05, 3.63) is 29.4 Å². The second kappa shape index (κ2) is 4.33. The zero-order chi connectivity index (χ0) is 12.5. The molecule has 0 atom stereocenters. The van der Waals surface area contributed by atoms with E-state index < -0.39 is 0 Å². The third-order valence-corrected chi connectivity index (χ3v) is 3.05. The normalized spacial score (nSPS) is 11.5. The van der Waals surface area contributed by atoms with E-state index >= 15 is 0 Å². The predicted molar refractivity (Wildman–Crippen MR) is 72.7 cm³/mol. The average Bonchev–Trinajstić information content (AvgIpc) is 2.65. The first kappa shape index (κ1) is 11.9. The van der Waals surface area contributed by atoms with Crippen molar-refractivity contribution < 1.29 is 0 Å². The Kier molecular flexibility index (Phi) is 3.02. The molecule has 3 N–H and O–H groups in total. The first-order valence-corrected chi connectivity index (χ1v) is 6.28. The van der Waals surface area contributed by atoms with Gasteiger partial charge in [0.1, 0.15) is 5.82 Å². The lowest BCUT2D eigenvalue weighted by molar-refractivity contribution is 0.573. The van der Waals surface area contributed by atoms with Crippen LogP contribution in [0.4, 0.5) is 16.6 Å². The molecule has 5 heteroatoms. The van der Waals surface area contributed by atoms with Gasteiger partial charge in [0.05, 0.1) is 5.69 Å². The van der Waals surface area contributed by atoms with Gasteiger partial charge in [-0.05, 0) is 6.07 Å². The molecule has 0 aliphatic rings. The average molecular weight is 248 g/mol. The molecule has 2 aromatic rings. The highest BCUT2D eigenvalue weighted by atomic mass is 32.1. The second-order valence-corrected chi connectivity index (χ2v) is 5.75. The number of hydrogen-bond acceptors (Lipinski definition) is 5. The van der Waals surface area contributed by atoms with Crippen LogP contribution in [0.2, 0.25) is 0 Å². The predicted octanol–water partition coefficient (Wildman–Crippen LogP) is 3.16. The van der Waals surface area contributed by atoms with Crippen LogP contribution in [0, 0.1) is 0 Å². The van der Waals surface area contributed by atoms with Crippen LogP contribution in [0.1, 0.15) is 26.5 Å². The van der Waals surface area contributed by atoms with Crippen LogP contribution in [-0.2, 0) is 5.41 Å². The van der Waals surface area contributed by atoms with Crippen molar-refractivity contribution >= 4 is 28.0 Å². The number of rotatable bonds is 2. The Morgan fingerprint density at radius 2 is 2.12 bits per heavy atom. The third-order valence-electron chi connectivity index (χ3n) is 2.29. The number of pyridine rings is 1. The molecule has 0 aliphatic carbocycles. The van der Waals surface area contributed by atoms with E-state index in [2.05, 4.69) is 41.4 Å². The molecule has 4 nitrogen and oxygen atoms in total. The zero-order valence-electron chi connectivity index (χ0n) is 10.2. The Hall–Kier alpha value is -1.62. The maximum atomic E-state index is 5.69. The summed E-state index contributed by atoms with van der Waals surface area (Å²) in [6.07, 6.45) is 1.68. The van der Waals surface area contributed by atoms with Crippen LogP contribution in [0.15, 0.2) is 23.7 Å². The monoisotopic (exact) mass is 248 g/mol. The topological polar surface area (TPSA) is 63.8 Å². The molecule has 0 bridgehead atoms. The largest absolute Gasteiger partial charge is 0.399 e. The van der Waals surface area contributed by atoms with Gasteiger partial charge < -0.3 is 11.1 Å². The lowest BCUT2D eigenvalue weighted by Gasteiger charge is -2.14. The number of hydrogen-bond donors (Lipinski definition) is 2. The highest BCUT2D eigenvalue weighted by Gasteiger charge is 2.17. The summed E-state index contributed by atoms with van der Waals surface area (Å²) >= 11 is 1.57. The van der Waals surface area contributed by atoms with Gasteiger partial charge in [-0.25, -0.2) is 9.97 Å². The van der Waals surface area contributed by atoms with Gasteiger partial charge in [-0.1, -0.05) is 20.8 Å². The Bertz CT molecular complexity index is 513. The van der Waals surface area contributed by atoms with Crippen molar-refractivity contribution in [2.45, 2.75) is 26.2 Å². The SMILES string of the molecule is CC(C)(C)c1csc(Nc2cc(N)ccn2)n1. The number of nitrogens with zero attached hydrogens (tertiary/aromatic N) is 2. The van der Waals surface area contributed by atoms with Crippen molar-refractivity contribution in [1.29, 1.82) is 0 Å².